The maximum Gasteiger partial charge on any atom is 0.338 e. The zero-order valence-corrected chi connectivity index (χ0v) is 9.49. The number of carbonyl (C=O) groups excluding carboxylic acids is 1. The molecule has 82 valence electrons. The third-order valence-electron chi connectivity index (χ3n) is 2.78. The quantitative estimate of drug-likeness (QED) is 0.718. The number of methoxy groups -OCH3 is 1. The van der Waals surface area contributed by atoms with Gasteiger partial charge in [-0.3, -0.25) is 0 Å². The van der Waals surface area contributed by atoms with Crippen LogP contribution in [-0.2, 0) is 11.2 Å². The molecule has 2 aliphatic rings. The van der Waals surface area contributed by atoms with E-state index in [9.17, 15) is 4.79 Å². The first-order chi connectivity index (χ1) is 7.77. The SMILES string of the molecule is CCc1cc(C(=O)OC)c2cccccc1-2. The minimum Gasteiger partial charge on any atom is -0.465 e. The van der Waals surface area contributed by atoms with Crippen molar-refractivity contribution in [3.63, 3.8) is 0 Å². The van der Waals surface area contributed by atoms with Crippen LogP contribution in [0.1, 0.15) is 22.8 Å². The highest BCUT2D eigenvalue weighted by Gasteiger charge is 2.18. The molecule has 16 heavy (non-hydrogen) atoms. The first kappa shape index (κ1) is 10.7. The van der Waals surface area contributed by atoms with Crippen LogP contribution in [0.5, 0.6) is 0 Å². The van der Waals surface area contributed by atoms with Gasteiger partial charge >= 0.3 is 5.97 Å². The summed E-state index contributed by atoms with van der Waals surface area (Å²) in [4.78, 5) is 11.6. The number of hydrogen-bond donors (Lipinski definition) is 0. The van der Waals surface area contributed by atoms with Crippen LogP contribution in [-0.4, -0.2) is 13.1 Å². The topological polar surface area (TPSA) is 26.3 Å². The van der Waals surface area contributed by atoms with Gasteiger partial charge in [0.05, 0.1) is 12.7 Å². The third kappa shape index (κ3) is 1.67. The zero-order valence-electron chi connectivity index (χ0n) is 9.49. The Morgan fingerprint density at radius 2 is 1.88 bits per heavy atom. The lowest BCUT2D eigenvalue weighted by atomic mass is 10.1. The van der Waals surface area contributed by atoms with E-state index < -0.39 is 0 Å². The maximum absolute atomic E-state index is 11.6. The fourth-order valence-corrected chi connectivity index (χ4v) is 1.96. The molecule has 0 bridgehead atoms. The van der Waals surface area contributed by atoms with Crippen LogP contribution >= 0.6 is 0 Å². The molecule has 0 unspecified atom stereocenters. The summed E-state index contributed by atoms with van der Waals surface area (Å²) < 4.78 is 4.79. The van der Waals surface area contributed by atoms with Crippen molar-refractivity contribution >= 4 is 5.97 Å². The smallest absolute Gasteiger partial charge is 0.338 e. The lowest BCUT2D eigenvalue weighted by Gasteiger charge is -1.99. The van der Waals surface area contributed by atoms with Crippen molar-refractivity contribution in [2.45, 2.75) is 13.3 Å². The van der Waals surface area contributed by atoms with Gasteiger partial charge in [0.25, 0.3) is 0 Å². The van der Waals surface area contributed by atoms with Gasteiger partial charge in [0.1, 0.15) is 0 Å². The number of aryl methyl sites for hydroxylation is 1. The van der Waals surface area contributed by atoms with Crippen LogP contribution in [0.4, 0.5) is 0 Å². The van der Waals surface area contributed by atoms with Crippen LogP contribution < -0.4 is 0 Å². The summed E-state index contributed by atoms with van der Waals surface area (Å²) in [7, 11) is 1.41. The van der Waals surface area contributed by atoms with Gasteiger partial charge in [0.2, 0.25) is 0 Å². The average Bonchev–Trinajstić information content (AvgIpc) is 2.50. The molecule has 0 radical (unpaired) electrons. The Hall–Kier alpha value is -1.83. The van der Waals surface area contributed by atoms with E-state index in [1.54, 1.807) is 0 Å². The van der Waals surface area contributed by atoms with Crippen LogP contribution in [0.2, 0.25) is 0 Å². The minimum absolute atomic E-state index is 0.268. The Balaban J connectivity index is 2.66. The molecule has 0 aliphatic heterocycles. The lowest BCUT2D eigenvalue weighted by Crippen LogP contribution is -1.99. The summed E-state index contributed by atoms with van der Waals surface area (Å²) in [5.74, 6) is -0.268. The van der Waals surface area contributed by atoms with Crippen LogP contribution in [0, 0.1) is 0 Å². The maximum atomic E-state index is 11.6. The fraction of sp³-hybridized carbons (Fsp3) is 0.214. The molecule has 2 aliphatic carbocycles. The standard InChI is InChI=1S/C14H14O2/c1-3-10-9-13(14(15)16-2)12-8-6-4-5-7-11(10)12/h4-9H,3H2,1-2H3. The highest BCUT2D eigenvalue weighted by Crippen LogP contribution is 2.32. The molecule has 2 nitrogen and oxygen atoms in total. The molecular formula is C14H14O2. The molecule has 0 fully saturated rings. The Kier molecular flexibility index (Phi) is 2.91. The van der Waals surface area contributed by atoms with Crippen molar-refractivity contribution < 1.29 is 9.53 Å². The van der Waals surface area contributed by atoms with E-state index in [4.69, 9.17) is 4.74 Å². The first-order valence-corrected chi connectivity index (χ1v) is 5.37. The zero-order chi connectivity index (χ0) is 11.5. The number of ether oxygens (including phenoxy) is 1. The van der Waals surface area contributed by atoms with E-state index in [-0.39, 0.29) is 5.97 Å². The summed E-state index contributed by atoms with van der Waals surface area (Å²) in [6, 6.07) is 11.8. The second-order valence-electron chi connectivity index (χ2n) is 3.67. The summed E-state index contributed by atoms with van der Waals surface area (Å²) >= 11 is 0. The van der Waals surface area contributed by atoms with E-state index in [1.165, 1.54) is 12.7 Å². The van der Waals surface area contributed by atoms with Gasteiger partial charge in [-0.1, -0.05) is 37.3 Å². The summed E-state index contributed by atoms with van der Waals surface area (Å²) in [6.45, 7) is 2.09. The summed E-state index contributed by atoms with van der Waals surface area (Å²) in [5, 5.41) is 0. The van der Waals surface area contributed by atoms with Crippen molar-refractivity contribution in [1.82, 2.24) is 0 Å². The number of fused-ring (bicyclic) bond motifs is 1. The van der Waals surface area contributed by atoms with Crippen molar-refractivity contribution in [3.05, 3.63) is 47.5 Å². The van der Waals surface area contributed by atoms with Gasteiger partial charge in [-0.2, -0.15) is 0 Å². The number of carbonyl (C=O) groups is 1. The van der Waals surface area contributed by atoms with E-state index in [0.717, 1.165) is 17.5 Å². The molecule has 2 heteroatoms. The van der Waals surface area contributed by atoms with E-state index in [2.05, 4.69) is 6.92 Å². The lowest BCUT2D eigenvalue weighted by molar-refractivity contribution is 0.0602. The molecule has 0 spiro atoms. The molecule has 0 atom stereocenters. The molecule has 0 N–H and O–H groups in total. The third-order valence-corrected chi connectivity index (χ3v) is 2.78. The molecular weight excluding hydrogens is 200 g/mol. The van der Waals surface area contributed by atoms with Gasteiger partial charge < -0.3 is 4.74 Å². The molecule has 0 amide bonds. The van der Waals surface area contributed by atoms with Gasteiger partial charge in [-0.05, 0) is 29.2 Å². The number of esters is 1. The normalized spacial score (nSPS) is 10.4. The monoisotopic (exact) mass is 214 g/mol. The Morgan fingerprint density at radius 1 is 1.19 bits per heavy atom. The molecule has 0 saturated heterocycles. The number of hydrogen-bond acceptors (Lipinski definition) is 2. The largest absolute Gasteiger partial charge is 0.465 e. The van der Waals surface area contributed by atoms with Gasteiger partial charge in [0, 0.05) is 0 Å². The Morgan fingerprint density at radius 3 is 2.50 bits per heavy atom. The molecule has 0 aromatic carbocycles. The van der Waals surface area contributed by atoms with Crippen molar-refractivity contribution in [1.29, 1.82) is 0 Å². The van der Waals surface area contributed by atoms with Crippen LogP contribution in [0.3, 0.4) is 0 Å². The first-order valence-electron chi connectivity index (χ1n) is 5.37. The van der Waals surface area contributed by atoms with Crippen LogP contribution in [0.15, 0.2) is 36.4 Å². The number of rotatable bonds is 2. The summed E-state index contributed by atoms with van der Waals surface area (Å²) in [6.07, 6.45) is 0.914. The fourth-order valence-electron chi connectivity index (χ4n) is 1.96. The molecule has 2 rings (SSSR count). The average molecular weight is 214 g/mol. The van der Waals surface area contributed by atoms with E-state index in [1.807, 2.05) is 36.4 Å². The van der Waals surface area contributed by atoms with Gasteiger partial charge in [-0.15, -0.1) is 0 Å². The second-order valence-corrected chi connectivity index (χ2v) is 3.67. The molecule has 0 heterocycles. The highest BCUT2D eigenvalue weighted by molar-refractivity contribution is 6.00. The Labute approximate surface area is 95.2 Å². The van der Waals surface area contributed by atoms with E-state index >= 15 is 0 Å². The van der Waals surface area contributed by atoms with Crippen LogP contribution in [0.25, 0.3) is 11.1 Å². The predicted octanol–water partition coefficient (Wildman–Crippen LogP) is 3.14. The molecule has 0 aromatic heterocycles. The molecule has 0 saturated carbocycles. The van der Waals surface area contributed by atoms with Gasteiger partial charge in [-0.25, -0.2) is 4.79 Å². The Bertz CT molecular complexity index is 488. The van der Waals surface area contributed by atoms with Crippen molar-refractivity contribution in [2.75, 3.05) is 7.11 Å². The summed E-state index contributed by atoms with van der Waals surface area (Å²) in [5.41, 5.74) is 3.94. The molecule has 0 aromatic rings. The van der Waals surface area contributed by atoms with E-state index in [0.29, 0.717) is 5.56 Å². The predicted molar refractivity (Wildman–Crippen MR) is 63.8 cm³/mol. The highest BCUT2D eigenvalue weighted by atomic mass is 16.5. The van der Waals surface area contributed by atoms with Gasteiger partial charge in [0.15, 0.2) is 0 Å². The minimum atomic E-state index is -0.268. The van der Waals surface area contributed by atoms with Crippen molar-refractivity contribution in [2.24, 2.45) is 0 Å². The van der Waals surface area contributed by atoms with Crippen molar-refractivity contribution in [3.8, 4) is 11.1 Å². The second kappa shape index (κ2) is 4.35.